The van der Waals surface area contributed by atoms with Crippen LogP contribution in [0.1, 0.15) is 40.0 Å². The third-order valence-corrected chi connectivity index (χ3v) is 6.51. The number of carbonyl (C=O) groups excluding carboxylic acids is 2. The highest BCUT2D eigenvalue weighted by Gasteiger charge is 2.48. The number of piperidine rings is 1. The first-order chi connectivity index (χ1) is 15.9. The highest BCUT2D eigenvalue weighted by molar-refractivity contribution is 5.91. The average molecular weight is 456 g/mol. The van der Waals surface area contributed by atoms with Crippen LogP contribution in [0.3, 0.4) is 0 Å². The molecule has 0 aromatic heterocycles. The molecule has 0 amide bonds. The minimum atomic E-state index is -0.457. The summed E-state index contributed by atoms with van der Waals surface area (Å²) in [4.78, 5) is 27.7. The fourth-order valence-corrected chi connectivity index (χ4v) is 4.80. The third kappa shape index (κ3) is 4.61. The van der Waals surface area contributed by atoms with Crippen molar-refractivity contribution in [2.75, 3.05) is 28.4 Å². The second-order valence-corrected chi connectivity index (χ2v) is 8.34. The molecule has 176 valence electrons. The molecule has 4 rings (SSSR count). The summed E-state index contributed by atoms with van der Waals surface area (Å²) in [5.41, 5.74) is 0.856. The predicted octanol–water partition coefficient (Wildman–Crippen LogP) is 3.33. The second-order valence-electron chi connectivity index (χ2n) is 8.34. The molecular formula is C25H29NO7. The van der Waals surface area contributed by atoms with Gasteiger partial charge in [0, 0.05) is 25.3 Å². The van der Waals surface area contributed by atoms with Crippen molar-refractivity contribution in [3.63, 3.8) is 0 Å². The van der Waals surface area contributed by atoms with Crippen LogP contribution in [0.25, 0.3) is 0 Å². The molecule has 8 heteroatoms. The zero-order valence-electron chi connectivity index (χ0n) is 19.3. The molecule has 2 aliphatic rings. The van der Waals surface area contributed by atoms with Crippen molar-refractivity contribution in [3.8, 4) is 17.2 Å². The van der Waals surface area contributed by atoms with Gasteiger partial charge < -0.3 is 23.7 Å². The van der Waals surface area contributed by atoms with Crippen molar-refractivity contribution in [2.45, 2.75) is 43.6 Å². The first-order valence-electron chi connectivity index (χ1n) is 10.9. The number of carbonyl (C=O) groups is 2. The highest BCUT2D eigenvalue weighted by Crippen LogP contribution is 2.40. The van der Waals surface area contributed by atoms with Crippen molar-refractivity contribution in [1.82, 2.24) is 4.90 Å². The number of benzene rings is 2. The van der Waals surface area contributed by atoms with Crippen molar-refractivity contribution in [3.05, 3.63) is 53.6 Å². The molecule has 2 heterocycles. The summed E-state index contributed by atoms with van der Waals surface area (Å²) in [6.45, 7) is 0. The van der Waals surface area contributed by atoms with E-state index in [0.717, 1.165) is 6.42 Å². The summed E-state index contributed by atoms with van der Waals surface area (Å²) in [5, 5.41) is 0. The lowest BCUT2D eigenvalue weighted by Crippen LogP contribution is -2.46. The maximum Gasteiger partial charge on any atom is 0.338 e. The van der Waals surface area contributed by atoms with Gasteiger partial charge in [0.05, 0.1) is 38.5 Å². The van der Waals surface area contributed by atoms with Crippen LogP contribution >= 0.6 is 0 Å². The van der Waals surface area contributed by atoms with Gasteiger partial charge in [0.1, 0.15) is 12.2 Å². The lowest BCUT2D eigenvalue weighted by molar-refractivity contribution is -0.0152. The van der Waals surface area contributed by atoms with E-state index < -0.39 is 5.97 Å². The predicted molar refractivity (Wildman–Crippen MR) is 120 cm³/mol. The number of nitrogens with zero attached hydrogens (tertiary/aromatic N) is 1. The van der Waals surface area contributed by atoms with E-state index in [-0.39, 0.29) is 30.3 Å². The molecule has 8 nitrogen and oxygen atoms in total. The molecule has 0 aliphatic carbocycles. The van der Waals surface area contributed by atoms with Crippen molar-refractivity contribution in [1.29, 1.82) is 0 Å². The molecule has 0 radical (unpaired) electrons. The number of rotatable bonds is 7. The molecule has 0 N–H and O–H groups in total. The Morgan fingerprint density at radius 3 is 2.06 bits per heavy atom. The Morgan fingerprint density at radius 1 is 0.818 bits per heavy atom. The van der Waals surface area contributed by atoms with Crippen LogP contribution < -0.4 is 14.2 Å². The first-order valence-corrected chi connectivity index (χ1v) is 10.9. The largest absolute Gasteiger partial charge is 0.493 e. The Bertz CT molecular complexity index is 984. The van der Waals surface area contributed by atoms with E-state index in [9.17, 15) is 9.59 Å². The average Bonchev–Trinajstić information content (AvgIpc) is 3.00. The van der Waals surface area contributed by atoms with Crippen LogP contribution in [0.4, 0.5) is 0 Å². The van der Waals surface area contributed by atoms with Crippen LogP contribution in [0, 0.1) is 0 Å². The molecule has 0 spiro atoms. The number of methoxy groups -OCH3 is 3. The number of likely N-dealkylation sites (N-methyl/N-ethyl adjacent to an activating group) is 1. The Labute approximate surface area is 193 Å². The van der Waals surface area contributed by atoms with E-state index in [2.05, 4.69) is 4.90 Å². The number of esters is 2. The minimum absolute atomic E-state index is 0.00541. The van der Waals surface area contributed by atoms with Gasteiger partial charge >= 0.3 is 11.9 Å². The zero-order chi connectivity index (χ0) is 23.5. The fourth-order valence-electron chi connectivity index (χ4n) is 4.80. The molecule has 2 aliphatic heterocycles. The van der Waals surface area contributed by atoms with Gasteiger partial charge in [-0.3, -0.25) is 4.90 Å². The Balaban J connectivity index is 1.44. The van der Waals surface area contributed by atoms with Gasteiger partial charge in [-0.05, 0) is 31.3 Å². The number of fused-ring (bicyclic) bond motifs is 2. The summed E-state index contributed by atoms with van der Waals surface area (Å²) in [6, 6.07) is 12.3. The normalized spacial score (nSPS) is 24.1. The summed E-state index contributed by atoms with van der Waals surface area (Å²) < 4.78 is 27.7. The second kappa shape index (κ2) is 9.70. The fraction of sp³-hybridized carbons (Fsp3) is 0.440. The van der Waals surface area contributed by atoms with E-state index in [4.69, 9.17) is 23.7 Å². The molecule has 2 aromatic rings. The zero-order valence-corrected chi connectivity index (χ0v) is 19.3. The van der Waals surface area contributed by atoms with Crippen LogP contribution in [0.15, 0.2) is 42.5 Å². The molecule has 2 saturated heterocycles. The monoisotopic (exact) mass is 455 g/mol. The topological polar surface area (TPSA) is 83.5 Å². The van der Waals surface area contributed by atoms with Gasteiger partial charge in [0.25, 0.3) is 0 Å². The molecule has 0 unspecified atom stereocenters. The Hall–Kier alpha value is -3.26. The van der Waals surface area contributed by atoms with Crippen molar-refractivity contribution < 1.29 is 33.3 Å². The van der Waals surface area contributed by atoms with E-state index in [0.29, 0.717) is 41.2 Å². The smallest absolute Gasteiger partial charge is 0.338 e. The number of hydrogen-bond acceptors (Lipinski definition) is 8. The van der Waals surface area contributed by atoms with E-state index >= 15 is 0 Å². The van der Waals surface area contributed by atoms with Crippen LogP contribution in [0.5, 0.6) is 17.2 Å². The van der Waals surface area contributed by atoms with Gasteiger partial charge in [-0.15, -0.1) is 0 Å². The standard InChI is InChI=1S/C25H29NO7/c1-26-17-12-18(14-19(26)20(13-17)33-24(27)15-8-6-5-7-9-15)32-25(28)16-10-21(29-2)23(31-4)22(11-16)30-3/h5-11,17-20H,12-14H2,1-4H3/t17-,18-,19+,20-/m1/s1. The van der Waals surface area contributed by atoms with Gasteiger partial charge in [-0.1, -0.05) is 18.2 Å². The first kappa shape index (κ1) is 22.9. The quantitative estimate of drug-likeness (QED) is 0.588. The van der Waals surface area contributed by atoms with Gasteiger partial charge in [-0.25, -0.2) is 9.59 Å². The van der Waals surface area contributed by atoms with E-state index in [1.54, 1.807) is 24.3 Å². The molecule has 2 aromatic carbocycles. The summed E-state index contributed by atoms with van der Waals surface area (Å²) in [5.74, 6) is 0.408. The van der Waals surface area contributed by atoms with Gasteiger partial charge in [0.15, 0.2) is 11.5 Å². The molecule has 2 fully saturated rings. The lowest BCUT2D eigenvalue weighted by Gasteiger charge is -2.36. The molecule has 4 atom stereocenters. The van der Waals surface area contributed by atoms with Crippen molar-refractivity contribution >= 4 is 11.9 Å². The van der Waals surface area contributed by atoms with E-state index in [1.165, 1.54) is 21.3 Å². The summed E-state index contributed by atoms with van der Waals surface area (Å²) in [7, 11) is 6.53. The lowest BCUT2D eigenvalue weighted by atomic mass is 10.00. The minimum Gasteiger partial charge on any atom is -0.493 e. The molecule has 33 heavy (non-hydrogen) atoms. The number of hydrogen-bond donors (Lipinski definition) is 0. The van der Waals surface area contributed by atoms with E-state index in [1.807, 2.05) is 25.2 Å². The van der Waals surface area contributed by atoms with Crippen LogP contribution in [0.2, 0.25) is 0 Å². The third-order valence-electron chi connectivity index (χ3n) is 6.51. The number of ether oxygens (including phenoxy) is 5. The molecule has 0 saturated carbocycles. The van der Waals surface area contributed by atoms with Crippen LogP contribution in [-0.4, -0.2) is 69.5 Å². The molecule has 2 bridgehead atoms. The highest BCUT2D eigenvalue weighted by atomic mass is 16.6. The Morgan fingerprint density at radius 2 is 1.45 bits per heavy atom. The van der Waals surface area contributed by atoms with Gasteiger partial charge in [-0.2, -0.15) is 0 Å². The summed E-state index contributed by atoms with van der Waals surface area (Å²) >= 11 is 0. The maximum absolute atomic E-state index is 12.9. The van der Waals surface area contributed by atoms with Gasteiger partial charge in [0.2, 0.25) is 5.75 Å². The maximum atomic E-state index is 12.9. The van der Waals surface area contributed by atoms with Crippen molar-refractivity contribution in [2.24, 2.45) is 0 Å². The Kier molecular flexibility index (Phi) is 6.74. The SMILES string of the molecule is COc1cc(C(=O)O[C@@H]2C[C@@H]3C[C@@H](OC(=O)c4ccccc4)[C@H](C2)N3C)cc(OC)c1OC. The van der Waals surface area contributed by atoms with Crippen LogP contribution in [-0.2, 0) is 9.47 Å². The molecular weight excluding hydrogens is 426 g/mol. The summed E-state index contributed by atoms with van der Waals surface area (Å²) in [6.07, 6.45) is 1.48.